The lowest BCUT2D eigenvalue weighted by Crippen LogP contribution is -2.51. The van der Waals surface area contributed by atoms with E-state index < -0.39 is 0 Å². The summed E-state index contributed by atoms with van der Waals surface area (Å²) in [4.78, 5) is 25.2. The van der Waals surface area contributed by atoms with E-state index in [0.717, 1.165) is 24.1 Å². The number of carbonyl (C=O) groups excluding carboxylic acids is 2. The van der Waals surface area contributed by atoms with Crippen molar-refractivity contribution >= 4 is 33.4 Å². The Kier molecular flexibility index (Phi) is 4.47. The maximum absolute atomic E-state index is 12.4. The van der Waals surface area contributed by atoms with Gasteiger partial charge in [0.15, 0.2) is 0 Å². The number of anilines is 1. The molecule has 2 amide bonds. The molecule has 1 N–H and O–H groups in total. The van der Waals surface area contributed by atoms with Crippen molar-refractivity contribution in [1.82, 2.24) is 14.7 Å². The number of nitrogens with zero attached hydrogens (tertiary/aromatic N) is 3. The summed E-state index contributed by atoms with van der Waals surface area (Å²) < 4.78 is 2.85. The first-order chi connectivity index (χ1) is 11.0. The van der Waals surface area contributed by atoms with E-state index in [-0.39, 0.29) is 11.8 Å². The maximum atomic E-state index is 12.4. The van der Waals surface area contributed by atoms with Gasteiger partial charge in [-0.25, -0.2) is 0 Å². The fraction of sp³-hybridized carbons (Fsp3) is 0.312. The molecule has 0 aliphatic carbocycles. The zero-order valence-electron chi connectivity index (χ0n) is 12.7. The highest BCUT2D eigenvalue weighted by atomic mass is 79.9. The van der Waals surface area contributed by atoms with Crippen LogP contribution in [0.2, 0.25) is 0 Å². The van der Waals surface area contributed by atoms with Gasteiger partial charge in [0.25, 0.3) is 5.91 Å². The molecule has 2 heterocycles. The molecule has 1 fully saturated rings. The maximum Gasteiger partial charge on any atom is 0.253 e. The van der Waals surface area contributed by atoms with Gasteiger partial charge in [-0.1, -0.05) is 0 Å². The van der Waals surface area contributed by atoms with Crippen molar-refractivity contribution < 1.29 is 9.59 Å². The highest BCUT2D eigenvalue weighted by molar-refractivity contribution is 9.10. The van der Waals surface area contributed by atoms with Crippen LogP contribution in [-0.4, -0.2) is 39.6 Å². The van der Waals surface area contributed by atoms with Crippen LogP contribution in [0.4, 0.5) is 5.69 Å². The third kappa shape index (κ3) is 3.79. The van der Waals surface area contributed by atoms with Crippen LogP contribution in [0.25, 0.3) is 0 Å². The van der Waals surface area contributed by atoms with Crippen LogP contribution in [-0.2, 0) is 11.3 Å². The van der Waals surface area contributed by atoms with E-state index >= 15 is 0 Å². The van der Waals surface area contributed by atoms with Crippen LogP contribution in [0.15, 0.2) is 41.1 Å². The Bertz CT molecular complexity index is 720. The fourth-order valence-electron chi connectivity index (χ4n) is 2.64. The Hall–Kier alpha value is -2.15. The number of carbonyl (C=O) groups is 2. The Morgan fingerprint density at radius 2 is 2.00 bits per heavy atom. The minimum atomic E-state index is -0.125. The number of rotatable bonds is 4. The summed E-state index contributed by atoms with van der Waals surface area (Å²) in [6.45, 7) is 3.75. The molecule has 23 heavy (non-hydrogen) atoms. The van der Waals surface area contributed by atoms with Gasteiger partial charge in [-0.3, -0.25) is 14.3 Å². The van der Waals surface area contributed by atoms with Crippen LogP contribution in [0, 0.1) is 5.92 Å². The van der Waals surface area contributed by atoms with Crippen LogP contribution >= 0.6 is 15.9 Å². The topological polar surface area (TPSA) is 67.2 Å². The molecule has 7 heteroatoms. The third-order valence-electron chi connectivity index (χ3n) is 3.74. The van der Waals surface area contributed by atoms with E-state index in [0.29, 0.717) is 17.2 Å². The number of hydrogen-bond acceptors (Lipinski definition) is 3. The average molecular weight is 377 g/mol. The van der Waals surface area contributed by atoms with Gasteiger partial charge in [0.05, 0.1) is 10.7 Å². The van der Waals surface area contributed by atoms with E-state index in [4.69, 9.17) is 0 Å². The molecule has 1 aliphatic rings. The SMILES string of the molecule is CC(=O)Nc1ccc(C(=O)N2CC(Cn3cc(Br)cn3)C2)cc1. The van der Waals surface area contributed by atoms with Gasteiger partial charge in [-0.2, -0.15) is 5.10 Å². The largest absolute Gasteiger partial charge is 0.338 e. The van der Waals surface area contributed by atoms with Crippen LogP contribution in [0.1, 0.15) is 17.3 Å². The van der Waals surface area contributed by atoms with Crippen molar-refractivity contribution in [2.45, 2.75) is 13.5 Å². The van der Waals surface area contributed by atoms with Crippen LogP contribution in [0.3, 0.4) is 0 Å². The van der Waals surface area contributed by atoms with Crippen molar-refractivity contribution in [2.24, 2.45) is 5.92 Å². The quantitative estimate of drug-likeness (QED) is 0.890. The first kappa shape index (κ1) is 15.7. The lowest BCUT2D eigenvalue weighted by molar-refractivity contribution is -0.114. The van der Waals surface area contributed by atoms with Crippen molar-refractivity contribution in [3.05, 3.63) is 46.7 Å². The number of halogens is 1. The second-order valence-corrected chi connectivity index (χ2v) is 6.63. The van der Waals surface area contributed by atoms with Gasteiger partial charge in [0.2, 0.25) is 5.91 Å². The summed E-state index contributed by atoms with van der Waals surface area (Å²) >= 11 is 3.37. The Morgan fingerprint density at radius 3 is 2.57 bits per heavy atom. The predicted octanol–water partition coefficient (Wildman–Crippen LogP) is 2.38. The molecule has 3 rings (SSSR count). The van der Waals surface area contributed by atoms with Crippen molar-refractivity contribution in [3.63, 3.8) is 0 Å². The molecule has 1 aliphatic heterocycles. The molecule has 0 bridgehead atoms. The molecule has 1 aromatic heterocycles. The lowest BCUT2D eigenvalue weighted by Gasteiger charge is -2.39. The molecule has 0 atom stereocenters. The molecule has 0 radical (unpaired) electrons. The van der Waals surface area contributed by atoms with Gasteiger partial charge in [0, 0.05) is 49.9 Å². The zero-order chi connectivity index (χ0) is 16.4. The van der Waals surface area contributed by atoms with Gasteiger partial charge < -0.3 is 10.2 Å². The number of aromatic nitrogens is 2. The van der Waals surface area contributed by atoms with E-state index in [2.05, 4.69) is 26.3 Å². The van der Waals surface area contributed by atoms with E-state index in [1.165, 1.54) is 6.92 Å². The molecular formula is C16H17BrN4O2. The molecule has 0 saturated carbocycles. The average Bonchev–Trinajstić information content (AvgIpc) is 2.87. The summed E-state index contributed by atoms with van der Waals surface area (Å²) in [6.07, 6.45) is 3.70. The number of benzene rings is 1. The minimum Gasteiger partial charge on any atom is -0.338 e. The summed E-state index contributed by atoms with van der Waals surface area (Å²) in [5.74, 6) is 0.335. The number of hydrogen-bond donors (Lipinski definition) is 1. The van der Waals surface area contributed by atoms with Crippen LogP contribution in [0.5, 0.6) is 0 Å². The molecule has 0 unspecified atom stereocenters. The smallest absolute Gasteiger partial charge is 0.253 e. The van der Waals surface area contributed by atoms with E-state index in [9.17, 15) is 9.59 Å². The molecule has 2 aromatic rings. The Labute approximate surface area is 142 Å². The van der Waals surface area contributed by atoms with E-state index in [1.54, 1.807) is 30.5 Å². The molecular weight excluding hydrogens is 360 g/mol. The molecule has 1 aromatic carbocycles. The lowest BCUT2D eigenvalue weighted by atomic mass is 9.99. The third-order valence-corrected chi connectivity index (χ3v) is 4.15. The zero-order valence-corrected chi connectivity index (χ0v) is 14.3. The minimum absolute atomic E-state index is 0.0253. The molecule has 1 saturated heterocycles. The number of likely N-dealkylation sites (tertiary alicyclic amines) is 1. The van der Waals surface area contributed by atoms with Gasteiger partial charge in [-0.15, -0.1) is 0 Å². The molecule has 120 valence electrons. The number of amides is 2. The predicted molar refractivity (Wildman–Crippen MR) is 90.1 cm³/mol. The summed E-state index contributed by atoms with van der Waals surface area (Å²) in [6, 6.07) is 6.97. The first-order valence-corrected chi connectivity index (χ1v) is 8.15. The van der Waals surface area contributed by atoms with Crippen molar-refractivity contribution in [1.29, 1.82) is 0 Å². The highest BCUT2D eigenvalue weighted by Gasteiger charge is 2.31. The van der Waals surface area contributed by atoms with Gasteiger partial charge in [0.1, 0.15) is 0 Å². The monoisotopic (exact) mass is 376 g/mol. The van der Waals surface area contributed by atoms with Gasteiger partial charge >= 0.3 is 0 Å². The van der Waals surface area contributed by atoms with Crippen molar-refractivity contribution in [2.75, 3.05) is 18.4 Å². The summed E-state index contributed by atoms with van der Waals surface area (Å²) in [5.41, 5.74) is 1.33. The summed E-state index contributed by atoms with van der Waals surface area (Å²) in [7, 11) is 0. The van der Waals surface area contributed by atoms with Crippen LogP contribution < -0.4 is 5.32 Å². The second-order valence-electron chi connectivity index (χ2n) is 5.72. The highest BCUT2D eigenvalue weighted by Crippen LogP contribution is 2.21. The van der Waals surface area contributed by atoms with Crippen molar-refractivity contribution in [3.8, 4) is 0 Å². The van der Waals surface area contributed by atoms with E-state index in [1.807, 2.05) is 15.8 Å². The normalized spacial score (nSPS) is 14.4. The Balaban J connectivity index is 1.53. The molecule has 6 nitrogen and oxygen atoms in total. The first-order valence-electron chi connectivity index (χ1n) is 7.36. The molecule has 0 spiro atoms. The fourth-order valence-corrected chi connectivity index (χ4v) is 2.96. The Morgan fingerprint density at radius 1 is 1.30 bits per heavy atom. The standard InChI is InChI=1S/C16H17BrN4O2/c1-11(22)19-15-4-2-13(3-5-15)16(23)20-7-12(8-20)9-21-10-14(17)6-18-21/h2-6,10,12H,7-9H2,1H3,(H,19,22). The number of nitrogens with one attached hydrogen (secondary N) is 1. The second kappa shape index (κ2) is 6.54. The summed E-state index contributed by atoms with van der Waals surface area (Å²) in [5, 5.41) is 6.92. The van der Waals surface area contributed by atoms with Gasteiger partial charge in [-0.05, 0) is 40.2 Å².